The average molecular weight is 186 g/mol. The fourth-order valence-corrected chi connectivity index (χ4v) is 1.79. The number of primary amides is 1. The predicted molar refractivity (Wildman–Crippen MR) is 50.2 cm³/mol. The highest BCUT2D eigenvalue weighted by atomic mass is 16.5. The molecule has 13 heavy (non-hydrogen) atoms. The number of carbonyl (C=O) groups is 1. The van der Waals surface area contributed by atoms with Crippen molar-refractivity contribution < 1.29 is 9.53 Å². The quantitative estimate of drug-likeness (QED) is 0.634. The Bertz CT molecular complexity index is 174. The maximum absolute atomic E-state index is 10.4. The molecule has 4 N–H and O–H groups in total. The van der Waals surface area contributed by atoms with Crippen LogP contribution in [0.5, 0.6) is 0 Å². The minimum absolute atomic E-state index is 0.266. The Morgan fingerprint density at radius 2 is 1.77 bits per heavy atom. The molecular weight excluding hydrogens is 168 g/mol. The largest absolute Gasteiger partial charge is 0.448 e. The molecule has 1 amide bonds. The molecule has 0 bridgehead atoms. The van der Waals surface area contributed by atoms with Gasteiger partial charge in [0.2, 0.25) is 0 Å². The smallest absolute Gasteiger partial charge is 0.404 e. The van der Waals surface area contributed by atoms with Crippen LogP contribution in [0.1, 0.15) is 38.5 Å². The lowest BCUT2D eigenvalue weighted by Gasteiger charge is -2.26. The average Bonchev–Trinajstić information content (AvgIpc) is 2.28. The summed E-state index contributed by atoms with van der Waals surface area (Å²) < 4.78 is 4.75. The van der Waals surface area contributed by atoms with Crippen LogP contribution in [0, 0.1) is 0 Å². The first kappa shape index (κ1) is 10.3. The molecule has 76 valence electrons. The van der Waals surface area contributed by atoms with Gasteiger partial charge in [0.1, 0.15) is 6.61 Å². The summed E-state index contributed by atoms with van der Waals surface area (Å²) in [6.07, 6.45) is 5.84. The van der Waals surface area contributed by atoms with Gasteiger partial charge in [-0.15, -0.1) is 0 Å². The predicted octanol–water partition coefficient (Wildman–Crippen LogP) is 1.13. The van der Waals surface area contributed by atoms with Gasteiger partial charge in [-0.05, 0) is 12.8 Å². The summed E-state index contributed by atoms with van der Waals surface area (Å²) in [4.78, 5) is 10.4. The SMILES string of the molecule is NC(=O)OCC1(N)CCCCCC1. The second-order valence-electron chi connectivity index (χ2n) is 3.88. The van der Waals surface area contributed by atoms with E-state index in [2.05, 4.69) is 0 Å². The third-order valence-electron chi connectivity index (χ3n) is 2.60. The first-order valence-corrected chi connectivity index (χ1v) is 4.83. The minimum atomic E-state index is -0.728. The zero-order chi connectivity index (χ0) is 9.73. The Morgan fingerprint density at radius 1 is 1.23 bits per heavy atom. The molecule has 1 aliphatic carbocycles. The summed E-state index contributed by atoms with van der Waals surface area (Å²) in [6.45, 7) is 0.266. The fraction of sp³-hybridized carbons (Fsp3) is 0.889. The van der Waals surface area contributed by atoms with Gasteiger partial charge in [0, 0.05) is 0 Å². The molecule has 1 saturated carbocycles. The number of carbonyl (C=O) groups excluding carboxylic acids is 1. The second-order valence-corrected chi connectivity index (χ2v) is 3.88. The van der Waals surface area contributed by atoms with Crippen molar-refractivity contribution in [3.63, 3.8) is 0 Å². The third kappa shape index (κ3) is 3.63. The first-order valence-electron chi connectivity index (χ1n) is 4.83. The lowest BCUT2D eigenvalue weighted by atomic mass is 9.93. The molecule has 0 radical (unpaired) electrons. The van der Waals surface area contributed by atoms with E-state index in [1.165, 1.54) is 12.8 Å². The maximum atomic E-state index is 10.4. The number of rotatable bonds is 2. The van der Waals surface area contributed by atoms with Crippen LogP contribution in [0.15, 0.2) is 0 Å². The minimum Gasteiger partial charge on any atom is -0.448 e. The summed E-state index contributed by atoms with van der Waals surface area (Å²) in [5, 5.41) is 0. The molecule has 4 heteroatoms. The Balaban J connectivity index is 2.37. The van der Waals surface area contributed by atoms with Gasteiger partial charge in [0.15, 0.2) is 0 Å². The van der Waals surface area contributed by atoms with Gasteiger partial charge in [0.05, 0.1) is 5.54 Å². The van der Waals surface area contributed by atoms with Gasteiger partial charge in [-0.3, -0.25) is 0 Å². The van der Waals surface area contributed by atoms with E-state index in [0.717, 1.165) is 25.7 Å². The molecule has 1 rings (SSSR count). The van der Waals surface area contributed by atoms with Crippen molar-refractivity contribution >= 4 is 6.09 Å². The van der Waals surface area contributed by atoms with Crippen molar-refractivity contribution in [2.75, 3.05) is 6.61 Å². The normalized spacial score (nSPS) is 21.9. The van der Waals surface area contributed by atoms with Crippen LogP contribution >= 0.6 is 0 Å². The topological polar surface area (TPSA) is 78.3 Å². The van der Waals surface area contributed by atoms with E-state index in [1.807, 2.05) is 0 Å². The Hall–Kier alpha value is -0.770. The summed E-state index contributed by atoms with van der Waals surface area (Å²) in [6, 6.07) is 0. The highest BCUT2D eigenvalue weighted by Gasteiger charge is 2.27. The van der Waals surface area contributed by atoms with Gasteiger partial charge in [0.25, 0.3) is 0 Å². The van der Waals surface area contributed by atoms with Crippen molar-refractivity contribution in [2.24, 2.45) is 11.5 Å². The summed E-state index contributed by atoms with van der Waals surface area (Å²) in [7, 11) is 0. The molecule has 0 unspecified atom stereocenters. The molecule has 0 atom stereocenters. The van der Waals surface area contributed by atoms with Gasteiger partial charge in [-0.25, -0.2) is 4.79 Å². The van der Waals surface area contributed by atoms with Crippen molar-refractivity contribution in [1.82, 2.24) is 0 Å². The summed E-state index contributed by atoms with van der Waals surface area (Å²) in [5.74, 6) is 0. The van der Waals surface area contributed by atoms with Gasteiger partial charge in [-0.1, -0.05) is 25.7 Å². The van der Waals surface area contributed by atoms with Crippen molar-refractivity contribution in [2.45, 2.75) is 44.1 Å². The highest BCUT2D eigenvalue weighted by Crippen LogP contribution is 2.24. The standard InChI is InChI=1S/C9H18N2O2/c10-8(12)13-7-9(11)5-3-1-2-4-6-9/h1-7,11H2,(H2,10,12). The summed E-state index contributed by atoms with van der Waals surface area (Å²) >= 11 is 0. The number of amides is 1. The molecule has 1 fully saturated rings. The van der Waals surface area contributed by atoms with Crippen LogP contribution in [0.2, 0.25) is 0 Å². The van der Waals surface area contributed by atoms with Crippen LogP contribution < -0.4 is 11.5 Å². The number of ether oxygens (including phenoxy) is 1. The number of hydrogen-bond donors (Lipinski definition) is 2. The molecule has 0 aromatic rings. The lowest BCUT2D eigenvalue weighted by molar-refractivity contribution is 0.119. The fourth-order valence-electron chi connectivity index (χ4n) is 1.79. The van der Waals surface area contributed by atoms with Gasteiger partial charge >= 0.3 is 6.09 Å². The number of nitrogens with two attached hydrogens (primary N) is 2. The molecule has 1 aliphatic rings. The second kappa shape index (κ2) is 4.46. The monoisotopic (exact) mass is 186 g/mol. The van der Waals surface area contributed by atoms with E-state index in [0.29, 0.717) is 0 Å². The van der Waals surface area contributed by atoms with Crippen LogP contribution in [-0.4, -0.2) is 18.2 Å². The van der Waals surface area contributed by atoms with E-state index in [-0.39, 0.29) is 12.1 Å². The first-order chi connectivity index (χ1) is 6.12. The Morgan fingerprint density at radius 3 is 2.23 bits per heavy atom. The van der Waals surface area contributed by atoms with Crippen molar-refractivity contribution in [1.29, 1.82) is 0 Å². The zero-order valence-electron chi connectivity index (χ0n) is 7.92. The molecule has 0 aliphatic heterocycles. The third-order valence-corrected chi connectivity index (χ3v) is 2.60. The Labute approximate surface area is 78.6 Å². The molecule has 0 aromatic heterocycles. The van der Waals surface area contributed by atoms with Crippen LogP contribution in [0.4, 0.5) is 4.79 Å². The zero-order valence-corrected chi connectivity index (χ0v) is 7.92. The number of hydrogen-bond acceptors (Lipinski definition) is 3. The van der Waals surface area contributed by atoms with Gasteiger partial charge < -0.3 is 16.2 Å². The molecule has 0 saturated heterocycles. The van der Waals surface area contributed by atoms with Crippen LogP contribution in [0.3, 0.4) is 0 Å². The van der Waals surface area contributed by atoms with Crippen LogP contribution in [-0.2, 0) is 4.74 Å². The Kier molecular flexibility index (Phi) is 3.54. The van der Waals surface area contributed by atoms with Crippen LogP contribution in [0.25, 0.3) is 0 Å². The molecule has 4 nitrogen and oxygen atoms in total. The van der Waals surface area contributed by atoms with Gasteiger partial charge in [-0.2, -0.15) is 0 Å². The lowest BCUT2D eigenvalue weighted by Crippen LogP contribution is -2.45. The molecule has 0 aromatic carbocycles. The van der Waals surface area contributed by atoms with E-state index < -0.39 is 6.09 Å². The molecule has 0 heterocycles. The van der Waals surface area contributed by atoms with E-state index in [9.17, 15) is 4.79 Å². The van der Waals surface area contributed by atoms with E-state index in [1.54, 1.807) is 0 Å². The summed E-state index contributed by atoms with van der Waals surface area (Å²) in [5.41, 5.74) is 10.6. The van der Waals surface area contributed by atoms with Crippen molar-refractivity contribution in [3.8, 4) is 0 Å². The maximum Gasteiger partial charge on any atom is 0.404 e. The molecule has 0 spiro atoms. The molecular formula is C9H18N2O2. The van der Waals surface area contributed by atoms with E-state index >= 15 is 0 Å². The highest BCUT2D eigenvalue weighted by molar-refractivity contribution is 5.64. The van der Waals surface area contributed by atoms with Crippen molar-refractivity contribution in [3.05, 3.63) is 0 Å². The van der Waals surface area contributed by atoms with E-state index in [4.69, 9.17) is 16.2 Å².